The van der Waals surface area contributed by atoms with Crippen molar-refractivity contribution in [2.75, 3.05) is 13.1 Å². The first kappa shape index (κ1) is 11.2. The normalized spacial score (nSPS) is 10.6. The molecule has 0 spiro atoms. The van der Waals surface area contributed by atoms with Crippen LogP contribution in [0.5, 0.6) is 0 Å². The monoisotopic (exact) mass is 169 g/mol. The van der Waals surface area contributed by atoms with E-state index in [0.29, 0.717) is 0 Å². The molecule has 0 aliphatic rings. The van der Waals surface area contributed by atoms with Gasteiger partial charge in [0.2, 0.25) is 5.91 Å². The average molecular weight is 169 g/mol. The zero-order valence-corrected chi connectivity index (χ0v) is 8.34. The number of hydrogen-bond donors (Lipinski definition) is 0. The maximum Gasteiger partial charge on any atom is 0.246 e. The van der Waals surface area contributed by atoms with Gasteiger partial charge in [-0.25, -0.2) is 0 Å². The van der Waals surface area contributed by atoms with Crippen molar-refractivity contribution < 1.29 is 4.79 Å². The molecule has 0 aromatic heterocycles. The average Bonchev–Trinajstić information content (AvgIpc) is 2.07. The van der Waals surface area contributed by atoms with Crippen molar-refractivity contribution in [1.29, 1.82) is 0 Å². The van der Waals surface area contributed by atoms with E-state index in [4.69, 9.17) is 0 Å². The van der Waals surface area contributed by atoms with E-state index in [1.165, 1.54) is 0 Å². The summed E-state index contributed by atoms with van der Waals surface area (Å²) in [4.78, 5) is 13.1. The lowest BCUT2D eigenvalue weighted by atomic mass is 10.3. The molecule has 2 nitrogen and oxygen atoms in total. The standard InChI is InChI=1S/C10H19NO/c1-4-7-8-9-10(12)11(5-2)6-3/h8-9H,4-7H2,1-3H3. The maximum atomic E-state index is 11.3. The number of rotatable bonds is 5. The molecule has 0 aliphatic carbocycles. The summed E-state index contributed by atoms with van der Waals surface area (Å²) in [5.74, 6) is 0.133. The number of hydrogen-bond acceptors (Lipinski definition) is 1. The van der Waals surface area contributed by atoms with Crippen molar-refractivity contribution in [1.82, 2.24) is 4.90 Å². The van der Waals surface area contributed by atoms with Crippen LogP contribution in [0, 0.1) is 0 Å². The molecular formula is C10H19NO. The van der Waals surface area contributed by atoms with Gasteiger partial charge in [-0.05, 0) is 26.3 Å². The Hall–Kier alpha value is -0.790. The quantitative estimate of drug-likeness (QED) is 0.578. The van der Waals surface area contributed by atoms with Crippen molar-refractivity contribution in [2.45, 2.75) is 33.6 Å². The first-order valence-corrected chi connectivity index (χ1v) is 4.71. The Kier molecular flexibility index (Phi) is 6.44. The number of nitrogens with zero attached hydrogens (tertiary/aromatic N) is 1. The van der Waals surface area contributed by atoms with Gasteiger partial charge in [0.25, 0.3) is 0 Å². The lowest BCUT2D eigenvalue weighted by molar-refractivity contribution is -0.125. The maximum absolute atomic E-state index is 11.3. The van der Waals surface area contributed by atoms with Gasteiger partial charge < -0.3 is 4.90 Å². The summed E-state index contributed by atoms with van der Waals surface area (Å²) in [6.07, 6.45) is 5.71. The molecule has 0 atom stereocenters. The van der Waals surface area contributed by atoms with Crippen molar-refractivity contribution in [3.05, 3.63) is 12.2 Å². The minimum absolute atomic E-state index is 0.133. The van der Waals surface area contributed by atoms with Crippen LogP contribution >= 0.6 is 0 Å². The molecule has 2 heteroatoms. The molecule has 0 saturated carbocycles. The lowest BCUT2D eigenvalue weighted by Gasteiger charge is -2.15. The molecule has 1 amide bonds. The summed E-state index contributed by atoms with van der Waals surface area (Å²) < 4.78 is 0. The molecule has 0 radical (unpaired) electrons. The number of unbranched alkanes of at least 4 members (excludes halogenated alkanes) is 1. The van der Waals surface area contributed by atoms with Crippen LogP contribution in [0.25, 0.3) is 0 Å². The predicted molar refractivity (Wildman–Crippen MR) is 52.0 cm³/mol. The molecule has 0 heterocycles. The number of likely N-dealkylation sites (N-methyl/N-ethyl adjacent to an activating group) is 1. The Morgan fingerprint density at radius 2 is 1.83 bits per heavy atom. The fraction of sp³-hybridized carbons (Fsp3) is 0.700. The van der Waals surface area contributed by atoms with E-state index < -0.39 is 0 Å². The van der Waals surface area contributed by atoms with Crippen molar-refractivity contribution >= 4 is 5.91 Å². The zero-order valence-electron chi connectivity index (χ0n) is 8.34. The van der Waals surface area contributed by atoms with Crippen molar-refractivity contribution in [2.24, 2.45) is 0 Å². The van der Waals surface area contributed by atoms with Gasteiger partial charge in [-0.2, -0.15) is 0 Å². The summed E-state index contributed by atoms with van der Waals surface area (Å²) in [7, 11) is 0. The molecule has 0 rings (SSSR count). The fourth-order valence-corrected chi connectivity index (χ4v) is 0.992. The summed E-state index contributed by atoms with van der Waals surface area (Å²) >= 11 is 0. The molecule has 0 aromatic carbocycles. The highest BCUT2D eigenvalue weighted by Crippen LogP contribution is 1.93. The second kappa shape index (κ2) is 6.89. The van der Waals surface area contributed by atoms with E-state index in [9.17, 15) is 4.79 Å². The highest BCUT2D eigenvalue weighted by Gasteiger charge is 2.03. The number of carbonyl (C=O) groups excluding carboxylic acids is 1. The van der Waals surface area contributed by atoms with Crippen LogP contribution in [0.3, 0.4) is 0 Å². The molecule has 0 aliphatic heterocycles. The first-order chi connectivity index (χ1) is 5.76. The van der Waals surface area contributed by atoms with E-state index in [1.807, 2.05) is 24.8 Å². The van der Waals surface area contributed by atoms with E-state index >= 15 is 0 Å². The third kappa shape index (κ3) is 4.16. The highest BCUT2D eigenvalue weighted by atomic mass is 16.2. The van der Waals surface area contributed by atoms with Crippen LogP contribution in [0.1, 0.15) is 33.6 Å². The van der Waals surface area contributed by atoms with Crippen molar-refractivity contribution in [3.8, 4) is 0 Å². The Morgan fingerprint density at radius 1 is 1.25 bits per heavy atom. The zero-order chi connectivity index (χ0) is 9.40. The molecule has 0 fully saturated rings. The topological polar surface area (TPSA) is 20.3 Å². The third-order valence-electron chi connectivity index (χ3n) is 1.79. The molecule has 70 valence electrons. The fourth-order valence-electron chi connectivity index (χ4n) is 0.992. The molecule has 0 bridgehead atoms. The molecule has 12 heavy (non-hydrogen) atoms. The minimum atomic E-state index is 0.133. The molecule has 0 unspecified atom stereocenters. The van der Waals surface area contributed by atoms with Gasteiger partial charge in [-0.1, -0.05) is 19.4 Å². The summed E-state index contributed by atoms with van der Waals surface area (Å²) in [5, 5.41) is 0. The van der Waals surface area contributed by atoms with E-state index in [1.54, 1.807) is 6.08 Å². The Balaban J connectivity index is 3.83. The van der Waals surface area contributed by atoms with Crippen LogP contribution in [0.4, 0.5) is 0 Å². The second-order valence-corrected chi connectivity index (χ2v) is 2.70. The van der Waals surface area contributed by atoms with Gasteiger partial charge in [0.1, 0.15) is 0 Å². The van der Waals surface area contributed by atoms with Gasteiger partial charge in [0.15, 0.2) is 0 Å². The first-order valence-electron chi connectivity index (χ1n) is 4.71. The van der Waals surface area contributed by atoms with Gasteiger partial charge in [-0.15, -0.1) is 0 Å². The number of allylic oxidation sites excluding steroid dienone is 1. The second-order valence-electron chi connectivity index (χ2n) is 2.70. The molecule has 0 N–H and O–H groups in total. The summed E-state index contributed by atoms with van der Waals surface area (Å²) in [6.45, 7) is 7.69. The summed E-state index contributed by atoms with van der Waals surface area (Å²) in [5.41, 5.74) is 0. The summed E-state index contributed by atoms with van der Waals surface area (Å²) in [6, 6.07) is 0. The van der Waals surface area contributed by atoms with Gasteiger partial charge >= 0.3 is 0 Å². The highest BCUT2D eigenvalue weighted by molar-refractivity contribution is 5.87. The number of carbonyl (C=O) groups is 1. The Morgan fingerprint density at radius 3 is 2.25 bits per heavy atom. The van der Waals surface area contributed by atoms with E-state index in [-0.39, 0.29) is 5.91 Å². The van der Waals surface area contributed by atoms with Gasteiger partial charge in [0, 0.05) is 13.1 Å². The van der Waals surface area contributed by atoms with Crippen molar-refractivity contribution in [3.63, 3.8) is 0 Å². The van der Waals surface area contributed by atoms with Gasteiger partial charge in [-0.3, -0.25) is 4.79 Å². The molecule has 0 saturated heterocycles. The smallest absolute Gasteiger partial charge is 0.246 e. The number of amides is 1. The van der Waals surface area contributed by atoms with Crippen LogP contribution in [0.2, 0.25) is 0 Å². The predicted octanol–water partition coefficient (Wildman–Crippen LogP) is 2.21. The SMILES string of the molecule is CCCC=CC(=O)N(CC)CC. The Labute approximate surface area is 75.3 Å². The molecular weight excluding hydrogens is 150 g/mol. The van der Waals surface area contributed by atoms with Crippen LogP contribution < -0.4 is 0 Å². The minimum Gasteiger partial charge on any atom is -0.340 e. The Bertz CT molecular complexity index is 148. The molecule has 0 aromatic rings. The van der Waals surface area contributed by atoms with Crippen LogP contribution in [-0.2, 0) is 4.79 Å². The lowest BCUT2D eigenvalue weighted by Crippen LogP contribution is -2.28. The van der Waals surface area contributed by atoms with E-state index in [2.05, 4.69) is 6.92 Å². The third-order valence-corrected chi connectivity index (χ3v) is 1.79. The van der Waals surface area contributed by atoms with Gasteiger partial charge in [0.05, 0.1) is 0 Å². The largest absolute Gasteiger partial charge is 0.340 e. The van der Waals surface area contributed by atoms with E-state index in [0.717, 1.165) is 25.9 Å². The van der Waals surface area contributed by atoms with Crippen LogP contribution in [0.15, 0.2) is 12.2 Å². The van der Waals surface area contributed by atoms with Crippen LogP contribution in [-0.4, -0.2) is 23.9 Å².